The number of nitrogens with one attached hydrogen (secondary N) is 2. The number of phenols is 1. The quantitative estimate of drug-likeness (QED) is 0.212. The number of anilines is 4. The van der Waals surface area contributed by atoms with Gasteiger partial charge >= 0.3 is 0 Å². The molecule has 0 unspecified atom stereocenters. The number of morpholine rings is 1. The van der Waals surface area contributed by atoms with Crippen LogP contribution >= 0.6 is 45.2 Å². The first-order valence-electron chi connectivity index (χ1n) is 9.46. The Morgan fingerprint density at radius 1 is 1.03 bits per heavy atom. The molecule has 1 fully saturated rings. The highest BCUT2D eigenvalue weighted by Gasteiger charge is 2.16. The maximum atomic E-state index is 10.2. The van der Waals surface area contributed by atoms with Gasteiger partial charge < -0.3 is 20.1 Å². The van der Waals surface area contributed by atoms with Crippen molar-refractivity contribution in [1.29, 1.82) is 0 Å². The molecule has 0 aliphatic carbocycles. The maximum absolute atomic E-state index is 10.2. The molecule has 4 rings (SSSR count). The van der Waals surface area contributed by atoms with Crippen LogP contribution in [0.15, 0.2) is 47.6 Å². The summed E-state index contributed by atoms with van der Waals surface area (Å²) in [5, 5.41) is 17.7. The van der Waals surface area contributed by atoms with E-state index in [0.717, 1.165) is 12.8 Å². The molecular formula is C20H19I2N7O2. The van der Waals surface area contributed by atoms with Crippen molar-refractivity contribution in [1.82, 2.24) is 15.0 Å². The fourth-order valence-corrected chi connectivity index (χ4v) is 4.76. The summed E-state index contributed by atoms with van der Waals surface area (Å²) in [4.78, 5) is 15.5. The van der Waals surface area contributed by atoms with Crippen molar-refractivity contribution < 1.29 is 9.84 Å². The Kier molecular flexibility index (Phi) is 7.34. The van der Waals surface area contributed by atoms with Crippen LogP contribution in [-0.2, 0) is 4.74 Å². The third-order valence-electron chi connectivity index (χ3n) is 4.37. The van der Waals surface area contributed by atoms with Crippen molar-refractivity contribution in [3.05, 3.63) is 55.2 Å². The van der Waals surface area contributed by atoms with Crippen molar-refractivity contribution in [2.75, 3.05) is 41.9 Å². The summed E-state index contributed by atoms with van der Waals surface area (Å²) in [5.74, 6) is 1.43. The van der Waals surface area contributed by atoms with Gasteiger partial charge in [0.15, 0.2) is 0 Å². The van der Waals surface area contributed by atoms with Crippen molar-refractivity contribution in [2.45, 2.75) is 0 Å². The van der Waals surface area contributed by atoms with Gasteiger partial charge in [-0.3, -0.25) is 0 Å². The van der Waals surface area contributed by atoms with Gasteiger partial charge in [0, 0.05) is 27.9 Å². The SMILES string of the molecule is Oc1c(I)cc(I)cc1C=NNc1nc(Nc2ccccc2)nc(N2CCOCC2)n1. The van der Waals surface area contributed by atoms with E-state index in [1.807, 2.05) is 47.4 Å². The van der Waals surface area contributed by atoms with E-state index < -0.39 is 0 Å². The molecule has 9 nitrogen and oxygen atoms in total. The monoisotopic (exact) mass is 643 g/mol. The van der Waals surface area contributed by atoms with Crippen LogP contribution < -0.4 is 15.6 Å². The molecule has 31 heavy (non-hydrogen) atoms. The number of para-hydroxylation sites is 1. The predicted octanol–water partition coefficient (Wildman–Crippen LogP) is 3.81. The van der Waals surface area contributed by atoms with Gasteiger partial charge in [-0.05, 0) is 69.4 Å². The minimum Gasteiger partial charge on any atom is -0.506 e. The number of hydrogen-bond donors (Lipinski definition) is 3. The molecule has 3 N–H and O–H groups in total. The Bertz CT molecular complexity index is 1080. The average molecular weight is 643 g/mol. The Balaban J connectivity index is 1.59. The van der Waals surface area contributed by atoms with Crippen LogP contribution in [0.2, 0.25) is 0 Å². The van der Waals surface area contributed by atoms with Crippen LogP contribution in [0.5, 0.6) is 5.75 Å². The number of aromatic nitrogens is 3. The minimum atomic E-state index is 0.183. The number of hydrazone groups is 1. The standard InChI is InChI=1S/C20H19I2N7O2/c21-14-10-13(17(30)16(22)11-14)12-23-28-19-25-18(24-15-4-2-1-3-5-15)26-20(27-19)29-6-8-31-9-7-29/h1-5,10-12,30H,6-9H2,(H2,24,25,26,27,28). The molecular weight excluding hydrogens is 624 g/mol. The summed E-state index contributed by atoms with van der Waals surface area (Å²) in [6.45, 7) is 2.65. The fraction of sp³-hybridized carbons (Fsp3) is 0.200. The highest BCUT2D eigenvalue weighted by Crippen LogP contribution is 2.26. The van der Waals surface area contributed by atoms with Crippen LogP contribution in [-0.4, -0.2) is 52.6 Å². The van der Waals surface area contributed by atoms with E-state index in [-0.39, 0.29) is 5.75 Å². The molecule has 0 atom stereocenters. The number of halogens is 2. The first-order chi connectivity index (χ1) is 15.1. The molecule has 2 aromatic carbocycles. The van der Waals surface area contributed by atoms with Crippen molar-refractivity contribution in [3.8, 4) is 5.75 Å². The van der Waals surface area contributed by atoms with Crippen LogP contribution in [0.4, 0.5) is 23.5 Å². The van der Waals surface area contributed by atoms with E-state index in [2.05, 4.69) is 76.0 Å². The third-order valence-corrected chi connectivity index (χ3v) is 5.82. The number of ether oxygens (including phenoxy) is 1. The molecule has 3 aromatic rings. The first kappa shape index (κ1) is 22.0. The summed E-state index contributed by atoms with van der Waals surface area (Å²) in [6, 6.07) is 13.4. The van der Waals surface area contributed by atoms with Gasteiger partial charge in [0.05, 0.1) is 23.0 Å². The number of aromatic hydroxyl groups is 1. The lowest BCUT2D eigenvalue weighted by Crippen LogP contribution is -2.37. The van der Waals surface area contributed by atoms with E-state index in [1.54, 1.807) is 6.21 Å². The summed E-state index contributed by atoms with van der Waals surface area (Å²) in [6.07, 6.45) is 1.54. The van der Waals surface area contributed by atoms with Crippen molar-refractivity contribution in [3.63, 3.8) is 0 Å². The summed E-state index contributed by atoms with van der Waals surface area (Å²) < 4.78 is 7.19. The molecule has 0 saturated carbocycles. The van der Waals surface area contributed by atoms with Crippen molar-refractivity contribution >= 4 is 74.9 Å². The lowest BCUT2D eigenvalue weighted by atomic mass is 10.2. The highest BCUT2D eigenvalue weighted by atomic mass is 127. The van der Waals surface area contributed by atoms with Crippen molar-refractivity contribution in [2.24, 2.45) is 5.10 Å². The number of hydrogen-bond acceptors (Lipinski definition) is 9. The largest absolute Gasteiger partial charge is 0.506 e. The second-order valence-corrected chi connectivity index (χ2v) is 8.98. The molecule has 1 aromatic heterocycles. The average Bonchev–Trinajstić information content (AvgIpc) is 2.78. The Hall–Kier alpha value is -2.26. The Morgan fingerprint density at radius 3 is 2.55 bits per heavy atom. The Morgan fingerprint density at radius 2 is 1.77 bits per heavy atom. The molecule has 0 radical (unpaired) electrons. The van der Waals surface area contributed by atoms with Gasteiger partial charge in [-0.15, -0.1) is 0 Å². The van der Waals surface area contributed by atoms with Crippen LogP contribution in [0.25, 0.3) is 0 Å². The molecule has 0 bridgehead atoms. The second kappa shape index (κ2) is 10.4. The molecule has 0 spiro atoms. The summed E-state index contributed by atoms with van der Waals surface area (Å²) in [5.41, 5.74) is 4.33. The molecule has 1 saturated heterocycles. The number of nitrogens with zero attached hydrogens (tertiary/aromatic N) is 5. The number of benzene rings is 2. The van der Waals surface area contributed by atoms with Gasteiger partial charge in [0.25, 0.3) is 0 Å². The molecule has 1 aliphatic heterocycles. The van der Waals surface area contributed by atoms with Crippen LogP contribution in [0, 0.1) is 7.14 Å². The number of phenolic OH excluding ortho intramolecular Hbond substituents is 1. The topological polar surface area (TPSA) is 108 Å². The molecule has 11 heteroatoms. The lowest BCUT2D eigenvalue weighted by molar-refractivity contribution is 0.122. The van der Waals surface area contributed by atoms with Gasteiger partial charge in [0.1, 0.15) is 5.75 Å². The van der Waals surface area contributed by atoms with E-state index in [9.17, 15) is 5.11 Å². The summed E-state index contributed by atoms with van der Waals surface area (Å²) in [7, 11) is 0. The molecule has 160 valence electrons. The second-order valence-electron chi connectivity index (χ2n) is 6.57. The van der Waals surface area contributed by atoms with Gasteiger partial charge in [-0.1, -0.05) is 18.2 Å². The van der Waals surface area contributed by atoms with Crippen LogP contribution in [0.1, 0.15) is 5.56 Å². The smallest absolute Gasteiger partial charge is 0.250 e. The first-order valence-corrected chi connectivity index (χ1v) is 11.6. The minimum absolute atomic E-state index is 0.183. The molecule has 0 amide bonds. The van der Waals surface area contributed by atoms with E-state index >= 15 is 0 Å². The zero-order valence-corrected chi connectivity index (χ0v) is 20.6. The van der Waals surface area contributed by atoms with Gasteiger partial charge in [-0.2, -0.15) is 20.1 Å². The van der Waals surface area contributed by atoms with Crippen LogP contribution in [0.3, 0.4) is 0 Å². The number of rotatable bonds is 6. The molecule has 1 aliphatic rings. The predicted molar refractivity (Wildman–Crippen MR) is 137 cm³/mol. The zero-order valence-electron chi connectivity index (χ0n) is 16.3. The fourth-order valence-electron chi connectivity index (χ4n) is 2.87. The normalized spacial score (nSPS) is 14.1. The van der Waals surface area contributed by atoms with Gasteiger partial charge in [0.2, 0.25) is 17.8 Å². The third kappa shape index (κ3) is 5.92. The highest BCUT2D eigenvalue weighted by molar-refractivity contribution is 14.1. The van der Waals surface area contributed by atoms with E-state index in [4.69, 9.17) is 4.74 Å². The van der Waals surface area contributed by atoms with E-state index in [1.165, 1.54) is 0 Å². The molecule has 2 heterocycles. The zero-order chi connectivity index (χ0) is 21.6. The maximum Gasteiger partial charge on any atom is 0.250 e. The summed E-state index contributed by atoms with van der Waals surface area (Å²) >= 11 is 4.29. The lowest BCUT2D eigenvalue weighted by Gasteiger charge is -2.27. The van der Waals surface area contributed by atoms with E-state index in [0.29, 0.717) is 49.7 Å². The van der Waals surface area contributed by atoms with Gasteiger partial charge in [-0.25, -0.2) is 5.43 Å². The Labute approximate surface area is 206 Å².